The molecule has 0 saturated carbocycles. The Morgan fingerprint density at radius 3 is 2.64 bits per heavy atom. The van der Waals surface area contributed by atoms with Gasteiger partial charge in [0.05, 0.1) is 29.1 Å². The normalized spacial score (nSPS) is 23.6. The van der Waals surface area contributed by atoms with Gasteiger partial charge in [-0.05, 0) is 30.7 Å². The minimum absolute atomic E-state index is 0.0458. The zero-order valence-electron chi connectivity index (χ0n) is 13.4. The summed E-state index contributed by atoms with van der Waals surface area (Å²) >= 11 is 0. The largest absolute Gasteiger partial charge is 0.334 e. The van der Waals surface area contributed by atoms with Gasteiger partial charge in [-0.2, -0.15) is 5.26 Å². The second-order valence-electron chi connectivity index (χ2n) is 6.20. The lowest BCUT2D eigenvalue weighted by atomic mass is 10.1. The van der Waals surface area contributed by atoms with Crippen LogP contribution in [0.15, 0.2) is 29.2 Å². The molecule has 1 amide bonds. The molecule has 25 heavy (non-hydrogen) atoms. The predicted octanol–water partition coefficient (Wildman–Crippen LogP) is -0.632. The number of nitriles is 1. The molecule has 8 nitrogen and oxygen atoms in total. The summed E-state index contributed by atoms with van der Waals surface area (Å²) in [6, 6.07) is 6.68. The van der Waals surface area contributed by atoms with Gasteiger partial charge < -0.3 is 10.2 Å². The minimum atomic E-state index is -3.72. The highest BCUT2D eigenvalue weighted by atomic mass is 32.2. The lowest BCUT2D eigenvalue weighted by Gasteiger charge is -2.19. The number of amides is 1. The number of carbonyl (C=O) groups excluding carboxylic acids is 2. The predicted molar refractivity (Wildman–Crippen MR) is 87.9 cm³/mol. The van der Waals surface area contributed by atoms with Crippen LogP contribution in [0.2, 0.25) is 0 Å². The van der Waals surface area contributed by atoms with Crippen molar-refractivity contribution in [3.05, 3.63) is 29.8 Å². The Labute approximate surface area is 145 Å². The Balaban J connectivity index is 1.61. The van der Waals surface area contributed by atoms with E-state index in [1.807, 2.05) is 6.07 Å². The van der Waals surface area contributed by atoms with Crippen LogP contribution in [-0.4, -0.2) is 56.7 Å². The van der Waals surface area contributed by atoms with E-state index in [4.69, 9.17) is 5.26 Å². The molecule has 2 heterocycles. The Kier molecular flexibility index (Phi) is 4.85. The van der Waals surface area contributed by atoms with Gasteiger partial charge in [0.25, 0.3) is 0 Å². The van der Waals surface area contributed by atoms with Gasteiger partial charge in [0, 0.05) is 25.6 Å². The molecule has 132 valence electrons. The van der Waals surface area contributed by atoms with E-state index in [9.17, 15) is 18.0 Å². The molecule has 0 aromatic heterocycles. The fraction of sp³-hybridized carbons (Fsp3) is 0.438. The SMILES string of the molecule is N#Cc1ccc(S(=O)(=O)N[C@@H]2CN[C@H](C(=O)N3CCC(=O)C3)C2)cc1. The van der Waals surface area contributed by atoms with Crippen LogP contribution in [0.5, 0.6) is 0 Å². The van der Waals surface area contributed by atoms with Crippen molar-refractivity contribution in [3.63, 3.8) is 0 Å². The number of Topliss-reactive ketones (excluding diaryl/α,β-unsaturated/α-hetero) is 1. The lowest BCUT2D eigenvalue weighted by molar-refractivity contribution is -0.133. The number of carbonyl (C=O) groups is 2. The summed E-state index contributed by atoms with van der Waals surface area (Å²) in [5.41, 5.74) is 0.382. The molecule has 0 bridgehead atoms. The highest BCUT2D eigenvalue weighted by Gasteiger charge is 2.36. The number of sulfonamides is 1. The Hall–Kier alpha value is -2.28. The van der Waals surface area contributed by atoms with Crippen molar-refractivity contribution in [2.24, 2.45) is 0 Å². The quantitative estimate of drug-likeness (QED) is 0.736. The van der Waals surface area contributed by atoms with Crippen molar-refractivity contribution in [2.75, 3.05) is 19.6 Å². The van der Waals surface area contributed by atoms with Gasteiger partial charge in [0.1, 0.15) is 0 Å². The highest BCUT2D eigenvalue weighted by Crippen LogP contribution is 2.16. The van der Waals surface area contributed by atoms with E-state index in [2.05, 4.69) is 10.0 Å². The van der Waals surface area contributed by atoms with Gasteiger partial charge in [-0.3, -0.25) is 9.59 Å². The Morgan fingerprint density at radius 1 is 1.32 bits per heavy atom. The minimum Gasteiger partial charge on any atom is -0.334 e. The van der Waals surface area contributed by atoms with E-state index in [1.165, 1.54) is 29.2 Å². The van der Waals surface area contributed by atoms with Crippen molar-refractivity contribution in [2.45, 2.75) is 29.8 Å². The van der Waals surface area contributed by atoms with Crippen molar-refractivity contribution in [1.82, 2.24) is 14.9 Å². The molecule has 2 N–H and O–H groups in total. The van der Waals surface area contributed by atoms with Crippen LogP contribution in [0.3, 0.4) is 0 Å². The number of hydrogen-bond donors (Lipinski definition) is 2. The molecule has 3 rings (SSSR count). The van der Waals surface area contributed by atoms with E-state index in [-0.39, 0.29) is 23.1 Å². The number of benzene rings is 1. The summed E-state index contributed by atoms with van der Waals surface area (Å²) < 4.78 is 27.4. The molecule has 9 heteroatoms. The molecule has 2 atom stereocenters. The van der Waals surface area contributed by atoms with Crippen molar-refractivity contribution < 1.29 is 18.0 Å². The van der Waals surface area contributed by atoms with E-state index in [1.54, 1.807) is 0 Å². The first-order valence-corrected chi connectivity index (χ1v) is 9.44. The Morgan fingerprint density at radius 2 is 2.04 bits per heavy atom. The summed E-state index contributed by atoms with van der Waals surface area (Å²) in [4.78, 5) is 25.2. The number of rotatable bonds is 4. The molecule has 2 saturated heterocycles. The van der Waals surface area contributed by atoms with Crippen LogP contribution >= 0.6 is 0 Å². The topological polar surface area (TPSA) is 119 Å². The number of likely N-dealkylation sites (tertiary alicyclic amines) is 1. The fourth-order valence-electron chi connectivity index (χ4n) is 3.05. The van der Waals surface area contributed by atoms with Crippen LogP contribution < -0.4 is 10.0 Å². The highest BCUT2D eigenvalue weighted by molar-refractivity contribution is 7.89. The van der Waals surface area contributed by atoms with Gasteiger partial charge in [-0.25, -0.2) is 13.1 Å². The maximum Gasteiger partial charge on any atom is 0.240 e. The Bertz CT molecular complexity index is 829. The maximum absolute atomic E-state index is 12.4. The van der Waals surface area contributed by atoms with Gasteiger partial charge in [0.15, 0.2) is 5.78 Å². The van der Waals surface area contributed by atoms with Crippen LogP contribution in [-0.2, 0) is 19.6 Å². The average molecular weight is 362 g/mol. The second-order valence-corrected chi connectivity index (χ2v) is 7.91. The summed E-state index contributed by atoms with van der Waals surface area (Å²) in [7, 11) is -3.72. The van der Waals surface area contributed by atoms with Crippen LogP contribution in [0.25, 0.3) is 0 Å². The van der Waals surface area contributed by atoms with Crippen LogP contribution in [0.1, 0.15) is 18.4 Å². The summed E-state index contributed by atoms with van der Waals surface area (Å²) in [5, 5.41) is 11.8. The molecule has 2 aliphatic heterocycles. The van der Waals surface area contributed by atoms with Crippen molar-refractivity contribution in [3.8, 4) is 6.07 Å². The fourth-order valence-corrected chi connectivity index (χ4v) is 4.30. The van der Waals surface area contributed by atoms with Crippen molar-refractivity contribution in [1.29, 1.82) is 5.26 Å². The van der Waals surface area contributed by atoms with E-state index < -0.39 is 22.1 Å². The van der Waals surface area contributed by atoms with Gasteiger partial charge >= 0.3 is 0 Å². The van der Waals surface area contributed by atoms with Gasteiger partial charge in [-0.15, -0.1) is 0 Å². The standard InChI is InChI=1S/C16H18N4O4S/c17-8-11-1-3-14(4-2-11)25(23,24)19-12-7-15(18-9-12)16(22)20-6-5-13(21)10-20/h1-4,12,15,18-19H,5-7,9-10H2/t12-,15-/m0/s1. The number of nitrogens with zero attached hydrogens (tertiary/aromatic N) is 2. The monoisotopic (exact) mass is 362 g/mol. The summed E-state index contributed by atoms with van der Waals surface area (Å²) in [6.07, 6.45) is 0.715. The lowest BCUT2D eigenvalue weighted by Crippen LogP contribution is -2.42. The maximum atomic E-state index is 12.4. The number of hydrogen-bond acceptors (Lipinski definition) is 6. The molecule has 1 aromatic carbocycles. The van der Waals surface area contributed by atoms with Crippen LogP contribution in [0.4, 0.5) is 0 Å². The first-order chi connectivity index (χ1) is 11.9. The molecule has 0 spiro atoms. The molecule has 1 aromatic rings. The molecule has 2 fully saturated rings. The summed E-state index contributed by atoms with van der Waals surface area (Å²) in [6.45, 7) is 0.907. The zero-order chi connectivity index (χ0) is 18.0. The summed E-state index contributed by atoms with van der Waals surface area (Å²) in [5.74, 6) is -0.115. The third-order valence-electron chi connectivity index (χ3n) is 4.38. The van der Waals surface area contributed by atoms with E-state index in [0.29, 0.717) is 31.5 Å². The number of nitrogens with one attached hydrogen (secondary N) is 2. The molecular weight excluding hydrogens is 344 g/mol. The van der Waals surface area contributed by atoms with Crippen LogP contribution in [0, 0.1) is 11.3 Å². The third-order valence-corrected chi connectivity index (χ3v) is 5.92. The second kappa shape index (κ2) is 6.92. The zero-order valence-corrected chi connectivity index (χ0v) is 14.3. The average Bonchev–Trinajstić information content (AvgIpc) is 3.23. The van der Waals surface area contributed by atoms with E-state index in [0.717, 1.165) is 0 Å². The van der Waals surface area contributed by atoms with Crippen molar-refractivity contribution >= 4 is 21.7 Å². The smallest absolute Gasteiger partial charge is 0.240 e. The molecule has 0 radical (unpaired) electrons. The van der Waals surface area contributed by atoms with E-state index >= 15 is 0 Å². The first kappa shape index (κ1) is 17.5. The van der Waals surface area contributed by atoms with Gasteiger partial charge in [0.2, 0.25) is 15.9 Å². The first-order valence-electron chi connectivity index (χ1n) is 7.95. The third kappa shape index (κ3) is 3.87. The molecule has 0 unspecified atom stereocenters. The molecular formula is C16H18N4O4S. The van der Waals surface area contributed by atoms with Gasteiger partial charge in [-0.1, -0.05) is 0 Å². The number of ketones is 1. The molecule has 2 aliphatic rings. The molecule has 0 aliphatic carbocycles.